The van der Waals surface area contributed by atoms with E-state index in [2.05, 4.69) is 4.52 Å². The van der Waals surface area contributed by atoms with Crippen molar-refractivity contribution >= 4 is 13.8 Å². The molecule has 10 nitrogen and oxygen atoms in total. The maximum Gasteiger partial charge on any atom is 0.469 e. The summed E-state index contributed by atoms with van der Waals surface area (Å²) in [7, 11) is -4.82. The van der Waals surface area contributed by atoms with E-state index in [1.165, 1.54) is 0 Å². The van der Waals surface area contributed by atoms with Gasteiger partial charge in [0.2, 0.25) is 0 Å². The van der Waals surface area contributed by atoms with Crippen LogP contribution < -0.4 is 0 Å². The maximum absolute atomic E-state index is 10.7. The van der Waals surface area contributed by atoms with Gasteiger partial charge in [0.15, 0.2) is 6.10 Å². The molecule has 0 saturated carbocycles. The zero-order chi connectivity index (χ0) is 14.1. The summed E-state index contributed by atoms with van der Waals surface area (Å²) in [6.45, 7) is -0.834. The monoisotopic (exact) mass is 288 g/mol. The van der Waals surface area contributed by atoms with Crippen LogP contribution in [0.4, 0.5) is 0 Å². The molecule has 0 aromatic rings. The Morgan fingerprint density at radius 1 is 1.17 bits per heavy atom. The third-order valence-corrected chi connectivity index (χ3v) is 2.85. The SMILES string of the molecule is O=C(O)[C@H]1OC(COP(=O)(O)O)[C@@H](O)[C@H](O)C1O. The summed E-state index contributed by atoms with van der Waals surface area (Å²) in [6.07, 6.45) is -8.73. The van der Waals surface area contributed by atoms with E-state index in [0.717, 1.165) is 0 Å². The van der Waals surface area contributed by atoms with Crippen LogP contribution in [0.1, 0.15) is 0 Å². The number of hydrogen-bond donors (Lipinski definition) is 6. The molecular formula is C7H13O10P. The summed E-state index contributed by atoms with van der Waals surface area (Å²) < 4.78 is 19.2. The maximum atomic E-state index is 10.7. The second-order valence-electron chi connectivity index (χ2n) is 3.69. The summed E-state index contributed by atoms with van der Waals surface area (Å²) in [5.74, 6) is -1.59. The van der Waals surface area contributed by atoms with Crippen molar-refractivity contribution in [2.45, 2.75) is 30.5 Å². The van der Waals surface area contributed by atoms with Crippen molar-refractivity contribution in [1.29, 1.82) is 0 Å². The van der Waals surface area contributed by atoms with E-state index in [9.17, 15) is 24.7 Å². The molecule has 0 amide bonds. The fourth-order valence-corrected chi connectivity index (χ4v) is 1.80. The van der Waals surface area contributed by atoms with Gasteiger partial charge in [0.05, 0.1) is 6.61 Å². The van der Waals surface area contributed by atoms with Gasteiger partial charge in [-0.1, -0.05) is 0 Å². The third-order valence-electron chi connectivity index (χ3n) is 2.36. The highest BCUT2D eigenvalue weighted by Gasteiger charge is 2.47. The van der Waals surface area contributed by atoms with Crippen molar-refractivity contribution in [3.63, 3.8) is 0 Å². The summed E-state index contributed by atoms with van der Waals surface area (Å²) in [5.41, 5.74) is 0. The van der Waals surface area contributed by atoms with Crippen LogP contribution in [-0.4, -0.2) is 73.3 Å². The first-order valence-electron chi connectivity index (χ1n) is 4.76. The molecule has 1 rings (SSSR count). The van der Waals surface area contributed by atoms with Gasteiger partial charge < -0.3 is 34.9 Å². The van der Waals surface area contributed by atoms with Crippen molar-refractivity contribution in [2.75, 3.05) is 6.61 Å². The van der Waals surface area contributed by atoms with Crippen molar-refractivity contribution in [2.24, 2.45) is 0 Å². The van der Waals surface area contributed by atoms with Crippen molar-refractivity contribution in [1.82, 2.24) is 0 Å². The van der Waals surface area contributed by atoms with Crippen molar-refractivity contribution < 1.29 is 48.8 Å². The number of carbonyl (C=O) groups is 1. The lowest BCUT2D eigenvalue weighted by Crippen LogP contribution is -2.60. The third kappa shape index (κ3) is 3.70. The van der Waals surface area contributed by atoms with E-state index in [-0.39, 0.29) is 0 Å². The van der Waals surface area contributed by atoms with Crippen LogP contribution in [0, 0.1) is 0 Å². The summed E-state index contributed by atoms with van der Waals surface area (Å²) in [4.78, 5) is 27.6. The highest BCUT2D eigenvalue weighted by Crippen LogP contribution is 2.36. The molecule has 106 valence electrons. The Kier molecular flexibility index (Phi) is 4.81. The fourth-order valence-electron chi connectivity index (χ4n) is 1.46. The Hall–Kier alpha value is -0.580. The number of hydrogen-bond acceptors (Lipinski definition) is 7. The van der Waals surface area contributed by atoms with Crippen LogP contribution in [-0.2, 0) is 18.6 Å². The van der Waals surface area contributed by atoms with E-state index in [0.29, 0.717) is 0 Å². The molecule has 6 N–H and O–H groups in total. The van der Waals surface area contributed by atoms with Gasteiger partial charge in [-0.3, -0.25) is 4.52 Å². The molecule has 5 atom stereocenters. The molecule has 0 spiro atoms. The second kappa shape index (κ2) is 5.59. The normalized spacial score (nSPS) is 37.5. The molecule has 11 heteroatoms. The molecule has 1 heterocycles. The lowest BCUT2D eigenvalue weighted by atomic mass is 9.95. The Morgan fingerprint density at radius 2 is 1.72 bits per heavy atom. The molecule has 0 aliphatic carbocycles. The zero-order valence-corrected chi connectivity index (χ0v) is 9.75. The molecule has 0 aromatic carbocycles. The zero-order valence-electron chi connectivity index (χ0n) is 8.86. The minimum absolute atomic E-state index is 0.834. The largest absolute Gasteiger partial charge is 0.479 e. The van der Waals surface area contributed by atoms with Gasteiger partial charge in [-0.2, -0.15) is 0 Å². The predicted octanol–water partition coefficient (Wildman–Crippen LogP) is -2.97. The molecule has 0 aromatic heterocycles. The van der Waals surface area contributed by atoms with Crippen LogP contribution in [0.3, 0.4) is 0 Å². The smallest absolute Gasteiger partial charge is 0.469 e. The van der Waals surface area contributed by atoms with E-state index in [4.69, 9.17) is 19.6 Å². The first-order chi connectivity index (χ1) is 8.13. The quantitative estimate of drug-likeness (QED) is 0.293. The Morgan fingerprint density at radius 3 is 2.17 bits per heavy atom. The Balaban J connectivity index is 2.73. The summed E-state index contributed by atoms with van der Waals surface area (Å²) >= 11 is 0. The number of phosphoric acid groups is 1. The first kappa shape index (κ1) is 15.5. The predicted molar refractivity (Wildman–Crippen MR) is 52.3 cm³/mol. The molecule has 2 unspecified atom stereocenters. The van der Waals surface area contributed by atoms with Gasteiger partial charge in [0, 0.05) is 0 Å². The molecule has 0 radical (unpaired) electrons. The minimum atomic E-state index is -4.82. The highest BCUT2D eigenvalue weighted by molar-refractivity contribution is 7.46. The number of carboxylic acids is 1. The number of aliphatic carboxylic acids is 1. The number of rotatable bonds is 4. The van der Waals surface area contributed by atoms with Gasteiger partial charge in [-0.25, -0.2) is 9.36 Å². The molecule has 1 fully saturated rings. The number of ether oxygens (including phenoxy) is 1. The lowest BCUT2D eigenvalue weighted by molar-refractivity contribution is -0.232. The van der Waals surface area contributed by atoms with Gasteiger partial charge in [-0.05, 0) is 0 Å². The van der Waals surface area contributed by atoms with Crippen molar-refractivity contribution in [3.05, 3.63) is 0 Å². The van der Waals surface area contributed by atoms with Crippen LogP contribution in [0.25, 0.3) is 0 Å². The lowest BCUT2D eigenvalue weighted by Gasteiger charge is -2.38. The Labute approximate surface area is 101 Å². The number of phosphoric ester groups is 1. The van der Waals surface area contributed by atoms with Gasteiger partial charge in [0.25, 0.3) is 0 Å². The van der Waals surface area contributed by atoms with E-state index < -0.39 is 50.9 Å². The standard InChI is InChI=1S/C7H13O10P/c8-3-2(1-16-18(13,14)15)17-6(7(11)12)5(10)4(3)9/h2-6,8-10H,1H2,(H,11,12)(H2,13,14,15)/t2?,3-,4+,5?,6+/m1/s1. The molecule has 1 saturated heterocycles. The topological polar surface area (TPSA) is 174 Å². The number of carboxylic acid groups (broad SMARTS) is 1. The van der Waals surface area contributed by atoms with E-state index in [1.807, 2.05) is 0 Å². The molecule has 1 aliphatic heterocycles. The number of aliphatic hydroxyl groups is 3. The molecule has 18 heavy (non-hydrogen) atoms. The van der Waals surface area contributed by atoms with Crippen LogP contribution in [0.15, 0.2) is 0 Å². The summed E-state index contributed by atoms with van der Waals surface area (Å²) in [5, 5.41) is 36.8. The Bertz CT molecular complexity index is 352. The average Bonchev–Trinajstić information content (AvgIpc) is 2.23. The van der Waals surface area contributed by atoms with Gasteiger partial charge >= 0.3 is 13.8 Å². The first-order valence-corrected chi connectivity index (χ1v) is 6.29. The van der Waals surface area contributed by atoms with Gasteiger partial charge in [-0.15, -0.1) is 0 Å². The van der Waals surface area contributed by atoms with Gasteiger partial charge in [0.1, 0.15) is 24.4 Å². The van der Waals surface area contributed by atoms with Crippen LogP contribution in [0.5, 0.6) is 0 Å². The number of aliphatic hydroxyl groups excluding tert-OH is 3. The molecular weight excluding hydrogens is 275 g/mol. The molecule has 1 aliphatic rings. The minimum Gasteiger partial charge on any atom is -0.479 e. The summed E-state index contributed by atoms with van der Waals surface area (Å²) in [6, 6.07) is 0. The fraction of sp³-hybridized carbons (Fsp3) is 0.857. The van der Waals surface area contributed by atoms with E-state index >= 15 is 0 Å². The van der Waals surface area contributed by atoms with E-state index in [1.54, 1.807) is 0 Å². The molecule has 0 bridgehead atoms. The average molecular weight is 288 g/mol. The van der Waals surface area contributed by atoms with Crippen molar-refractivity contribution in [3.8, 4) is 0 Å². The highest BCUT2D eigenvalue weighted by atomic mass is 31.2. The van der Waals surface area contributed by atoms with Crippen LogP contribution >= 0.6 is 7.82 Å². The van der Waals surface area contributed by atoms with Crippen LogP contribution in [0.2, 0.25) is 0 Å². The second-order valence-corrected chi connectivity index (χ2v) is 4.93.